The van der Waals surface area contributed by atoms with Gasteiger partial charge in [-0.2, -0.15) is 0 Å². The molecule has 1 atom stereocenters. The van der Waals surface area contributed by atoms with Gasteiger partial charge in [-0.25, -0.2) is 8.78 Å². The van der Waals surface area contributed by atoms with Gasteiger partial charge in [0.1, 0.15) is 0 Å². The van der Waals surface area contributed by atoms with Crippen molar-refractivity contribution in [3.63, 3.8) is 0 Å². The van der Waals surface area contributed by atoms with Crippen molar-refractivity contribution in [2.75, 3.05) is 6.54 Å². The highest BCUT2D eigenvalue weighted by Crippen LogP contribution is 2.60. The summed E-state index contributed by atoms with van der Waals surface area (Å²) in [5.74, 6) is -2.74. The van der Waals surface area contributed by atoms with Crippen LogP contribution in [0.25, 0.3) is 0 Å². The van der Waals surface area contributed by atoms with E-state index in [0.29, 0.717) is 5.02 Å². The zero-order chi connectivity index (χ0) is 10.4. The predicted molar refractivity (Wildman–Crippen MR) is 49.5 cm³/mol. The van der Waals surface area contributed by atoms with Crippen LogP contribution in [0.3, 0.4) is 0 Å². The van der Waals surface area contributed by atoms with E-state index < -0.39 is 11.3 Å². The molecule has 0 amide bonds. The minimum Gasteiger partial charge on any atom is -0.329 e. The molecule has 0 radical (unpaired) electrons. The van der Waals surface area contributed by atoms with Crippen LogP contribution in [0, 0.1) is 0 Å². The van der Waals surface area contributed by atoms with Crippen molar-refractivity contribution in [3.8, 4) is 0 Å². The third-order valence-corrected chi connectivity index (χ3v) is 2.89. The molecule has 1 aliphatic carbocycles. The molecule has 1 fully saturated rings. The van der Waals surface area contributed by atoms with E-state index >= 15 is 0 Å². The van der Waals surface area contributed by atoms with Gasteiger partial charge in [0.15, 0.2) is 0 Å². The zero-order valence-electron chi connectivity index (χ0n) is 7.30. The minimum absolute atomic E-state index is 0.104. The Morgan fingerprint density at radius 2 is 2.21 bits per heavy atom. The van der Waals surface area contributed by atoms with Crippen molar-refractivity contribution in [1.82, 2.24) is 4.98 Å². The molecule has 1 saturated carbocycles. The number of aromatic nitrogens is 1. The van der Waals surface area contributed by atoms with E-state index in [2.05, 4.69) is 4.98 Å². The number of hydrogen-bond donors (Lipinski definition) is 1. The van der Waals surface area contributed by atoms with Gasteiger partial charge in [-0.1, -0.05) is 11.6 Å². The highest BCUT2D eigenvalue weighted by atomic mass is 35.5. The number of pyridine rings is 1. The summed E-state index contributed by atoms with van der Waals surface area (Å²) < 4.78 is 26.2. The third kappa shape index (κ3) is 1.21. The molecule has 1 aromatic heterocycles. The number of rotatable bonds is 2. The molecular weight excluding hydrogens is 210 g/mol. The van der Waals surface area contributed by atoms with Crippen LogP contribution in [0.4, 0.5) is 8.78 Å². The van der Waals surface area contributed by atoms with Crippen LogP contribution < -0.4 is 5.73 Å². The van der Waals surface area contributed by atoms with E-state index in [4.69, 9.17) is 17.3 Å². The first kappa shape index (κ1) is 9.80. The second kappa shape index (κ2) is 2.87. The molecule has 1 aliphatic rings. The van der Waals surface area contributed by atoms with Crippen molar-refractivity contribution >= 4 is 11.6 Å². The first-order chi connectivity index (χ1) is 6.52. The second-order valence-corrected chi connectivity index (χ2v) is 3.96. The van der Waals surface area contributed by atoms with Crippen LogP contribution in [0.2, 0.25) is 5.02 Å². The maximum atomic E-state index is 13.1. The molecule has 14 heavy (non-hydrogen) atoms. The summed E-state index contributed by atoms with van der Waals surface area (Å²) in [4.78, 5) is 3.90. The van der Waals surface area contributed by atoms with Gasteiger partial charge in [-0.15, -0.1) is 0 Å². The van der Waals surface area contributed by atoms with E-state index in [1.807, 2.05) is 0 Å². The van der Waals surface area contributed by atoms with Crippen LogP contribution >= 0.6 is 11.6 Å². The van der Waals surface area contributed by atoms with E-state index in [1.165, 1.54) is 12.3 Å². The molecule has 2 rings (SSSR count). The fraction of sp³-hybridized carbons (Fsp3) is 0.444. The highest BCUT2D eigenvalue weighted by molar-refractivity contribution is 6.30. The summed E-state index contributed by atoms with van der Waals surface area (Å²) in [6.45, 7) is -0.104. The van der Waals surface area contributed by atoms with Crippen LogP contribution in [0.1, 0.15) is 12.1 Å². The summed E-state index contributed by atoms with van der Waals surface area (Å²) in [6.07, 6.45) is 1.19. The largest absolute Gasteiger partial charge is 0.329 e. The highest BCUT2D eigenvalue weighted by Gasteiger charge is 2.72. The first-order valence-corrected chi connectivity index (χ1v) is 4.59. The number of alkyl halides is 2. The van der Waals surface area contributed by atoms with E-state index in [0.717, 1.165) is 0 Å². The van der Waals surface area contributed by atoms with Gasteiger partial charge in [0.25, 0.3) is 5.92 Å². The molecule has 0 aromatic carbocycles. The number of hydrogen-bond acceptors (Lipinski definition) is 2. The second-order valence-electron chi connectivity index (χ2n) is 3.53. The fourth-order valence-corrected chi connectivity index (χ4v) is 1.76. The number of nitrogens with zero attached hydrogens (tertiary/aromatic N) is 1. The van der Waals surface area contributed by atoms with Gasteiger partial charge in [0.05, 0.1) is 11.1 Å². The molecule has 1 unspecified atom stereocenters. The topological polar surface area (TPSA) is 38.9 Å². The standard InChI is InChI=1S/C9H9ClF2N2/c10-6-1-2-14-7(3-6)8(5-13)4-9(8,11)12/h1-3H,4-5,13H2. The summed E-state index contributed by atoms with van der Waals surface area (Å²) in [6, 6.07) is 3.01. The molecule has 1 heterocycles. The quantitative estimate of drug-likeness (QED) is 0.824. The lowest BCUT2D eigenvalue weighted by molar-refractivity contribution is 0.0886. The maximum Gasteiger partial charge on any atom is 0.261 e. The number of nitrogens with two attached hydrogens (primary N) is 1. The molecule has 2 N–H and O–H groups in total. The van der Waals surface area contributed by atoms with Crippen LogP contribution in [0.15, 0.2) is 18.3 Å². The van der Waals surface area contributed by atoms with Crippen molar-refractivity contribution in [1.29, 1.82) is 0 Å². The molecule has 2 nitrogen and oxygen atoms in total. The molecule has 1 aromatic rings. The lowest BCUT2D eigenvalue weighted by Crippen LogP contribution is -2.27. The smallest absolute Gasteiger partial charge is 0.261 e. The van der Waals surface area contributed by atoms with Gasteiger partial charge in [0, 0.05) is 24.2 Å². The number of halogens is 3. The van der Waals surface area contributed by atoms with Crippen molar-refractivity contribution in [2.45, 2.75) is 17.8 Å². The van der Waals surface area contributed by atoms with E-state index in [1.54, 1.807) is 6.07 Å². The Hall–Kier alpha value is -0.740. The molecule has 0 bridgehead atoms. The Kier molecular flexibility index (Phi) is 2.01. The van der Waals surface area contributed by atoms with E-state index in [-0.39, 0.29) is 18.7 Å². The van der Waals surface area contributed by atoms with Crippen molar-refractivity contribution in [3.05, 3.63) is 29.0 Å². The van der Waals surface area contributed by atoms with Gasteiger partial charge in [-0.3, -0.25) is 4.98 Å². The summed E-state index contributed by atoms with van der Waals surface area (Å²) in [5, 5.41) is 0.408. The first-order valence-electron chi connectivity index (χ1n) is 4.22. The minimum atomic E-state index is -2.74. The Balaban J connectivity index is 2.40. The van der Waals surface area contributed by atoms with Crippen LogP contribution in [0.5, 0.6) is 0 Å². The van der Waals surface area contributed by atoms with Crippen molar-refractivity contribution < 1.29 is 8.78 Å². The lowest BCUT2D eigenvalue weighted by atomic mass is 10.0. The Morgan fingerprint density at radius 1 is 1.57 bits per heavy atom. The van der Waals surface area contributed by atoms with Gasteiger partial charge in [-0.05, 0) is 12.1 Å². The van der Waals surface area contributed by atoms with Gasteiger partial charge >= 0.3 is 0 Å². The molecule has 0 spiro atoms. The predicted octanol–water partition coefficient (Wildman–Crippen LogP) is 1.97. The van der Waals surface area contributed by atoms with Gasteiger partial charge in [0.2, 0.25) is 0 Å². The summed E-state index contributed by atoms with van der Waals surface area (Å²) >= 11 is 5.70. The SMILES string of the molecule is NCC1(c2cc(Cl)ccn2)CC1(F)F. The third-order valence-electron chi connectivity index (χ3n) is 2.66. The van der Waals surface area contributed by atoms with Crippen LogP contribution in [-0.2, 0) is 5.41 Å². The molecule has 0 aliphatic heterocycles. The average molecular weight is 219 g/mol. The normalized spacial score (nSPS) is 28.9. The Bertz CT molecular complexity index is 370. The fourth-order valence-electron chi connectivity index (χ4n) is 1.61. The Labute approximate surface area is 85.1 Å². The van der Waals surface area contributed by atoms with Gasteiger partial charge < -0.3 is 5.73 Å². The Morgan fingerprint density at radius 3 is 2.64 bits per heavy atom. The summed E-state index contributed by atoms with van der Waals surface area (Å²) in [5.41, 5.74) is 4.37. The molecule has 5 heteroatoms. The molecule has 76 valence electrons. The maximum absolute atomic E-state index is 13.1. The lowest BCUT2D eigenvalue weighted by Gasteiger charge is -2.12. The average Bonchev–Trinajstić information content (AvgIpc) is 2.70. The summed E-state index contributed by atoms with van der Waals surface area (Å²) in [7, 11) is 0. The van der Waals surface area contributed by atoms with Crippen LogP contribution in [-0.4, -0.2) is 17.5 Å². The monoisotopic (exact) mass is 218 g/mol. The molecule has 0 saturated heterocycles. The van der Waals surface area contributed by atoms with E-state index in [9.17, 15) is 8.78 Å². The molecular formula is C9H9ClF2N2. The zero-order valence-corrected chi connectivity index (χ0v) is 8.06. The van der Waals surface area contributed by atoms with Crippen molar-refractivity contribution in [2.24, 2.45) is 5.73 Å².